The van der Waals surface area contributed by atoms with Crippen molar-refractivity contribution in [2.24, 2.45) is 5.73 Å². The number of hydrogen-bond acceptors (Lipinski definition) is 3. The molecule has 20 heavy (non-hydrogen) atoms. The van der Waals surface area contributed by atoms with Crippen LogP contribution in [0, 0.1) is 0 Å². The van der Waals surface area contributed by atoms with Crippen LogP contribution in [-0.4, -0.2) is 9.55 Å². The van der Waals surface area contributed by atoms with E-state index < -0.39 is 0 Å². The third-order valence-corrected chi connectivity index (χ3v) is 3.82. The summed E-state index contributed by atoms with van der Waals surface area (Å²) in [6, 6.07) is 8.68. The SMILES string of the molecule is CCC(N)c1ccccc1OCc1cncn1C1CC1. The number of aromatic nitrogens is 2. The lowest BCUT2D eigenvalue weighted by Crippen LogP contribution is -2.11. The van der Waals surface area contributed by atoms with Crippen molar-refractivity contribution >= 4 is 0 Å². The Labute approximate surface area is 119 Å². The Morgan fingerprint density at radius 1 is 1.40 bits per heavy atom. The fourth-order valence-corrected chi connectivity index (χ4v) is 2.42. The molecule has 0 radical (unpaired) electrons. The van der Waals surface area contributed by atoms with Gasteiger partial charge in [-0.3, -0.25) is 0 Å². The Morgan fingerprint density at radius 3 is 2.95 bits per heavy atom. The van der Waals surface area contributed by atoms with Crippen molar-refractivity contribution in [3.8, 4) is 5.75 Å². The topological polar surface area (TPSA) is 53.1 Å². The van der Waals surface area contributed by atoms with E-state index in [1.807, 2.05) is 36.8 Å². The molecular formula is C16H21N3O. The largest absolute Gasteiger partial charge is 0.487 e. The van der Waals surface area contributed by atoms with Gasteiger partial charge in [-0.05, 0) is 25.3 Å². The summed E-state index contributed by atoms with van der Waals surface area (Å²) in [7, 11) is 0. The van der Waals surface area contributed by atoms with Gasteiger partial charge in [-0.15, -0.1) is 0 Å². The van der Waals surface area contributed by atoms with Crippen molar-refractivity contribution in [2.45, 2.75) is 44.9 Å². The average molecular weight is 271 g/mol. The molecule has 1 saturated carbocycles. The van der Waals surface area contributed by atoms with Gasteiger partial charge in [0.15, 0.2) is 0 Å². The molecule has 1 aromatic carbocycles. The highest BCUT2D eigenvalue weighted by molar-refractivity contribution is 5.35. The van der Waals surface area contributed by atoms with Crippen molar-refractivity contribution in [2.75, 3.05) is 0 Å². The molecule has 106 valence electrons. The lowest BCUT2D eigenvalue weighted by atomic mass is 10.0. The number of benzene rings is 1. The zero-order chi connectivity index (χ0) is 13.9. The molecule has 1 aromatic heterocycles. The second-order valence-corrected chi connectivity index (χ2v) is 5.36. The van der Waals surface area contributed by atoms with Crippen LogP contribution in [0.25, 0.3) is 0 Å². The predicted octanol–water partition coefficient (Wildman–Crippen LogP) is 3.21. The van der Waals surface area contributed by atoms with Gasteiger partial charge in [0, 0.05) is 17.6 Å². The summed E-state index contributed by atoms with van der Waals surface area (Å²) in [5.41, 5.74) is 8.34. The predicted molar refractivity (Wildman–Crippen MR) is 78.5 cm³/mol. The van der Waals surface area contributed by atoms with E-state index in [2.05, 4.69) is 16.5 Å². The lowest BCUT2D eigenvalue weighted by Gasteiger charge is -2.16. The van der Waals surface area contributed by atoms with E-state index in [1.54, 1.807) is 0 Å². The van der Waals surface area contributed by atoms with Crippen LogP contribution in [-0.2, 0) is 6.61 Å². The van der Waals surface area contributed by atoms with Crippen molar-refractivity contribution in [1.29, 1.82) is 0 Å². The molecule has 0 spiro atoms. The molecule has 1 fully saturated rings. The third-order valence-electron chi connectivity index (χ3n) is 3.82. The summed E-state index contributed by atoms with van der Waals surface area (Å²) in [5, 5.41) is 0. The molecule has 1 unspecified atom stereocenters. The summed E-state index contributed by atoms with van der Waals surface area (Å²) in [6.45, 7) is 2.63. The van der Waals surface area contributed by atoms with E-state index in [4.69, 9.17) is 10.5 Å². The average Bonchev–Trinajstić information content (AvgIpc) is 3.23. The smallest absolute Gasteiger partial charge is 0.130 e. The number of para-hydroxylation sites is 1. The van der Waals surface area contributed by atoms with Gasteiger partial charge in [-0.25, -0.2) is 4.98 Å². The highest BCUT2D eigenvalue weighted by atomic mass is 16.5. The minimum absolute atomic E-state index is 0.0274. The van der Waals surface area contributed by atoms with Crippen LogP contribution in [0.3, 0.4) is 0 Å². The van der Waals surface area contributed by atoms with Crippen molar-refractivity contribution in [3.05, 3.63) is 48.0 Å². The van der Waals surface area contributed by atoms with Crippen molar-refractivity contribution < 1.29 is 4.74 Å². The number of nitrogens with zero attached hydrogens (tertiary/aromatic N) is 2. The minimum atomic E-state index is 0.0274. The molecule has 1 aliphatic carbocycles. The molecule has 0 bridgehead atoms. The number of rotatable bonds is 6. The Hall–Kier alpha value is -1.81. The first-order valence-electron chi connectivity index (χ1n) is 7.27. The molecule has 2 aromatic rings. The summed E-state index contributed by atoms with van der Waals surface area (Å²) in [6.07, 6.45) is 7.20. The third kappa shape index (κ3) is 2.70. The molecule has 2 N–H and O–H groups in total. The maximum Gasteiger partial charge on any atom is 0.130 e. The molecule has 4 nitrogen and oxygen atoms in total. The van der Waals surface area contributed by atoms with Gasteiger partial charge >= 0.3 is 0 Å². The van der Waals surface area contributed by atoms with Gasteiger partial charge in [0.1, 0.15) is 12.4 Å². The molecule has 1 aliphatic rings. The number of ether oxygens (including phenoxy) is 1. The fraction of sp³-hybridized carbons (Fsp3) is 0.438. The zero-order valence-electron chi connectivity index (χ0n) is 11.8. The summed E-state index contributed by atoms with van der Waals surface area (Å²) < 4.78 is 8.21. The van der Waals surface area contributed by atoms with E-state index in [9.17, 15) is 0 Å². The second kappa shape index (κ2) is 5.67. The van der Waals surface area contributed by atoms with E-state index in [-0.39, 0.29) is 6.04 Å². The summed E-state index contributed by atoms with van der Waals surface area (Å²) in [4.78, 5) is 4.23. The molecule has 1 atom stereocenters. The van der Waals surface area contributed by atoms with E-state index in [0.717, 1.165) is 23.4 Å². The van der Waals surface area contributed by atoms with Gasteiger partial charge in [0.05, 0.1) is 18.2 Å². The standard InChI is InChI=1S/C16H21N3O/c1-2-15(17)14-5-3-4-6-16(14)20-10-13-9-18-11-19(13)12-7-8-12/h3-6,9,11-12,15H,2,7-8,10,17H2,1H3. The fourth-order valence-electron chi connectivity index (χ4n) is 2.42. The van der Waals surface area contributed by atoms with Crippen LogP contribution >= 0.6 is 0 Å². The first kappa shape index (κ1) is 13.2. The minimum Gasteiger partial charge on any atom is -0.487 e. The maximum absolute atomic E-state index is 6.13. The number of nitrogens with two attached hydrogens (primary N) is 1. The van der Waals surface area contributed by atoms with Gasteiger partial charge < -0.3 is 15.0 Å². The summed E-state index contributed by atoms with van der Waals surface area (Å²) >= 11 is 0. The Kier molecular flexibility index (Phi) is 3.74. The van der Waals surface area contributed by atoms with Crippen molar-refractivity contribution in [1.82, 2.24) is 9.55 Å². The Morgan fingerprint density at radius 2 is 2.20 bits per heavy atom. The Balaban J connectivity index is 1.73. The molecule has 0 aliphatic heterocycles. The molecule has 1 heterocycles. The Bertz CT molecular complexity index is 575. The van der Waals surface area contributed by atoms with Crippen LogP contribution in [0.4, 0.5) is 0 Å². The van der Waals surface area contributed by atoms with E-state index in [0.29, 0.717) is 12.6 Å². The molecule has 0 amide bonds. The van der Waals surface area contributed by atoms with Crippen LogP contribution in [0.2, 0.25) is 0 Å². The van der Waals surface area contributed by atoms with Gasteiger partial charge in [-0.1, -0.05) is 25.1 Å². The van der Waals surface area contributed by atoms with Crippen LogP contribution < -0.4 is 10.5 Å². The lowest BCUT2D eigenvalue weighted by molar-refractivity contribution is 0.290. The molecule has 0 saturated heterocycles. The van der Waals surface area contributed by atoms with E-state index >= 15 is 0 Å². The second-order valence-electron chi connectivity index (χ2n) is 5.36. The zero-order valence-corrected chi connectivity index (χ0v) is 11.8. The summed E-state index contributed by atoms with van der Waals surface area (Å²) in [5.74, 6) is 0.880. The van der Waals surface area contributed by atoms with Crippen LogP contribution in [0.15, 0.2) is 36.8 Å². The maximum atomic E-state index is 6.13. The van der Waals surface area contributed by atoms with Crippen LogP contribution in [0.1, 0.15) is 49.5 Å². The van der Waals surface area contributed by atoms with Gasteiger partial charge in [0.25, 0.3) is 0 Å². The highest BCUT2D eigenvalue weighted by Gasteiger charge is 2.25. The monoisotopic (exact) mass is 271 g/mol. The molecule has 4 heteroatoms. The van der Waals surface area contributed by atoms with Crippen LogP contribution in [0.5, 0.6) is 5.75 Å². The normalized spacial score (nSPS) is 16.1. The quantitative estimate of drug-likeness (QED) is 0.877. The first-order valence-corrected chi connectivity index (χ1v) is 7.27. The molecular weight excluding hydrogens is 250 g/mol. The van der Waals surface area contributed by atoms with Gasteiger partial charge in [0.2, 0.25) is 0 Å². The first-order chi connectivity index (χ1) is 9.79. The van der Waals surface area contributed by atoms with Crippen molar-refractivity contribution in [3.63, 3.8) is 0 Å². The number of imidazole rings is 1. The number of hydrogen-bond donors (Lipinski definition) is 1. The highest BCUT2D eigenvalue weighted by Crippen LogP contribution is 2.36. The van der Waals surface area contributed by atoms with E-state index in [1.165, 1.54) is 12.8 Å². The molecule has 3 rings (SSSR count). The van der Waals surface area contributed by atoms with Gasteiger partial charge in [-0.2, -0.15) is 0 Å².